The van der Waals surface area contributed by atoms with Crippen LogP contribution in [-0.2, 0) is 6.54 Å². The lowest BCUT2D eigenvalue weighted by atomic mass is 10.2. The maximum Gasteiger partial charge on any atom is 0.161 e. The van der Waals surface area contributed by atoms with Gasteiger partial charge in [0.25, 0.3) is 0 Å². The first-order valence-corrected chi connectivity index (χ1v) is 7.45. The molecule has 0 aliphatic heterocycles. The molecule has 4 heteroatoms. The molecule has 1 N–H and O–H groups in total. The monoisotopic (exact) mass is 300 g/mol. The van der Waals surface area contributed by atoms with Gasteiger partial charge in [0.15, 0.2) is 11.5 Å². The Balaban J connectivity index is 2.01. The van der Waals surface area contributed by atoms with Crippen LogP contribution in [0.2, 0.25) is 0 Å². The molecule has 0 saturated heterocycles. The standard InChI is InChI=1S/C18H24N2O2/c1-5-22-17-11-6-14(12-18(17)21-4)13-19-15-7-9-16(10-8-15)20(2)3/h6-12,19H,5,13H2,1-4H3. The number of anilines is 2. The molecule has 2 rings (SSSR count). The summed E-state index contributed by atoms with van der Waals surface area (Å²) in [6.45, 7) is 3.34. The molecule has 0 unspecified atom stereocenters. The van der Waals surface area contributed by atoms with Crippen molar-refractivity contribution in [1.29, 1.82) is 0 Å². The Morgan fingerprint density at radius 2 is 1.73 bits per heavy atom. The zero-order valence-electron chi connectivity index (χ0n) is 13.7. The first-order chi connectivity index (χ1) is 10.6. The summed E-state index contributed by atoms with van der Waals surface area (Å²) in [5.74, 6) is 1.55. The molecule has 2 aromatic carbocycles. The minimum Gasteiger partial charge on any atom is -0.493 e. The van der Waals surface area contributed by atoms with Gasteiger partial charge < -0.3 is 19.7 Å². The first-order valence-electron chi connectivity index (χ1n) is 7.45. The smallest absolute Gasteiger partial charge is 0.161 e. The molecule has 0 fully saturated rings. The van der Waals surface area contributed by atoms with Crippen LogP contribution in [0.5, 0.6) is 11.5 Å². The summed E-state index contributed by atoms with van der Waals surface area (Å²) < 4.78 is 10.9. The summed E-state index contributed by atoms with van der Waals surface area (Å²) >= 11 is 0. The van der Waals surface area contributed by atoms with E-state index in [9.17, 15) is 0 Å². The van der Waals surface area contributed by atoms with E-state index in [4.69, 9.17) is 9.47 Å². The van der Waals surface area contributed by atoms with Gasteiger partial charge in [-0.1, -0.05) is 6.07 Å². The Hall–Kier alpha value is -2.36. The van der Waals surface area contributed by atoms with Crippen LogP contribution in [0.15, 0.2) is 42.5 Å². The second-order valence-electron chi connectivity index (χ2n) is 5.21. The predicted molar refractivity (Wildman–Crippen MR) is 92.3 cm³/mol. The van der Waals surface area contributed by atoms with Gasteiger partial charge in [-0.05, 0) is 48.9 Å². The second kappa shape index (κ2) is 7.59. The number of nitrogens with one attached hydrogen (secondary N) is 1. The number of hydrogen-bond acceptors (Lipinski definition) is 4. The van der Waals surface area contributed by atoms with Gasteiger partial charge in [0.05, 0.1) is 13.7 Å². The van der Waals surface area contributed by atoms with Crippen molar-refractivity contribution >= 4 is 11.4 Å². The van der Waals surface area contributed by atoms with Crippen molar-refractivity contribution in [2.45, 2.75) is 13.5 Å². The van der Waals surface area contributed by atoms with E-state index in [1.807, 2.05) is 33.2 Å². The van der Waals surface area contributed by atoms with Gasteiger partial charge in [-0.3, -0.25) is 0 Å². The third kappa shape index (κ3) is 4.07. The van der Waals surface area contributed by atoms with E-state index in [0.717, 1.165) is 29.3 Å². The maximum absolute atomic E-state index is 5.53. The zero-order valence-corrected chi connectivity index (χ0v) is 13.7. The van der Waals surface area contributed by atoms with Crippen LogP contribution in [-0.4, -0.2) is 27.8 Å². The number of hydrogen-bond donors (Lipinski definition) is 1. The third-order valence-corrected chi connectivity index (χ3v) is 3.41. The average Bonchev–Trinajstić information content (AvgIpc) is 2.54. The molecule has 0 atom stereocenters. The van der Waals surface area contributed by atoms with E-state index in [-0.39, 0.29) is 0 Å². The average molecular weight is 300 g/mol. The molecule has 118 valence electrons. The summed E-state index contributed by atoms with van der Waals surface area (Å²) in [5, 5.41) is 3.41. The number of nitrogens with zero attached hydrogens (tertiary/aromatic N) is 1. The van der Waals surface area contributed by atoms with E-state index in [0.29, 0.717) is 6.61 Å². The van der Waals surface area contributed by atoms with Crippen molar-refractivity contribution < 1.29 is 9.47 Å². The van der Waals surface area contributed by atoms with Crippen LogP contribution >= 0.6 is 0 Å². The molecule has 0 saturated carbocycles. The Morgan fingerprint density at radius 3 is 2.32 bits per heavy atom. The Labute approximate surface area is 132 Å². The minimum atomic E-state index is 0.631. The van der Waals surface area contributed by atoms with Gasteiger partial charge >= 0.3 is 0 Å². The van der Waals surface area contributed by atoms with Crippen molar-refractivity contribution in [2.24, 2.45) is 0 Å². The molecule has 0 bridgehead atoms. The SMILES string of the molecule is CCOc1ccc(CNc2ccc(N(C)C)cc2)cc1OC. The fourth-order valence-electron chi connectivity index (χ4n) is 2.18. The van der Waals surface area contributed by atoms with E-state index in [2.05, 4.69) is 40.5 Å². The highest BCUT2D eigenvalue weighted by atomic mass is 16.5. The van der Waals surface area contributed by atoms with Crippen LogP contribution in [0, 0.1) is 0 Å². The number of benzene rings is 2. The van der Waals surface area contributed by atoms with Gasteiger partial charge in [0, 0.05) is 32.0 Å². The highest BCUT2D eigenvalue weighted by Gasteiger charge is 2.05. The molecule has 0 aliphatic rings. The van der Waals surface area contributed by atoms with Gasteiger partial charge in [-0.15, -0.1) is 0 Å². The van der Waals surface area contributed by atoms with E-state index in [1.54, 1.807) is 7.11 Å². The summed E-state index contributed by atoms with van der Waals surface area (Å²) in [6, 6.07) is 14.4. The summed E-state index contributed by atoms with van der Waals surface area (Å²) in [5.41, 5.74) is 3.43. The topological polar surface area (TPSA) is 33.7 Å². The van der Waals surface area contributed by atoms with Crippen LogP contribution in [0.4, 0.5) is 11.4 Å². The first kappa shape index (κ1) is 16.0. The van der Waals surface area contributed by atoms with E-state index in [1.165, 1.54) is 5.69 Å². The van der Waals surface area contributed by atoms with Crippen molar-refractivity contribution in [2.75, 3.05) is 38.0 Å². The molecule has 0 radical (unpaired) electrons. The van der Waals surface area contributed by atoms with Crippen molar-refractivity contribution in [1.82, 2.24) is 0 Å². The Bertz CT molecular complexity index is 595. The van der Waals surface area contributed by atoms with E-state index >= 15 is 0 Å². The highest BCUT2D eigenvalue weighted by Crippen LogP contribution is 2.28. The minimum absolute atomic E-state index is 0.631. The molecule has 0 spiro atoms. The van der Waals surface area contributed by atoms with Gasteiger partial charge in [-0.25, -0.2) is 0 Å². The van der Waals surface area contributed by atoms with Crippen LogP contribution in [0.25, 0.3) is 0 Å². The molecule has 4 nitrogen and oxygen atoms in total. The molecular weight excluding hydrogens is 276 g/mol. The molecule has 0 heterocycles. The van der Waals surface area contributed by atoms with Crippen LogP contribution in [0.3, 0.4) is 0 Å². The lowest BCUT2D eigenvalue weighted by molar-refractivity contribution is 0.310. The predicted octanol–water partition coefficient (Wildman–Crippen LogP) is 3.77. The molecule has 0 aromatic heterocycles. The normalized spacial score (nSPS) is 10.2. The van der Waals surface area contributed by atoms with E-state index < -0.39 is 0 Å². The Kier molecular flexibility index (Phi) is 5.53. The van der Waals surface area contributed by atoms with Crippen LogP contribution in [0.1, 0.15) is 12.5 Å². The summed E-state index contributed by atoms with van der Waals surface area (Å²) in [4.78, 5) is 2.08. The maximum atomic E-state index is 5.53. The van der Waals surface area contributed by atoms with Gasteiger partial charge in [-0.2, -0.15) is 0 Å². The Morgan fingerprint density at radius 1 is 1.00 bits per heavy atom. The lowest BCUT2D eigenvalue weighted by Crippen LogP contribution is -2.08. The fourth-order valence-corrected chi connectivity index (χ4v) is 2.18. The van der Waals surface area contributed by atoms with Crippen molar-refractivity contribution in [3.05, 3.63) is 48.0 Å². The third-order valence-electron chi connectivity index (χ3n) is 3.41. The zero-order chi connectivity index (χ0) is 15.9. The lowest BCUT2D eigenvalue weighted by Gasteiger charge is -2.14. The molecule has 22 heavy (non-hydrogen) atoms. The van der Waals surface area contributed by atoms with Gasteiger partial charge in [0.2, 0.25) is 0 Å². The number of methoxy groups -OCH3 is 1. The second-order valence-corrected chi connectivity index (χ2v) is 5.21. The largest absolute Gasteiger partial charge is 0.493 e. The van der Waals surface area contributed by atoms with Crippen LogP contribution < -0.4 is 19.7 Å². The highest BCUT2D eigenvalue weighted by molar-refractivity contribution is 5.54. The van der Waals surface area contributed by atoms with Crippen molar-refractivity contribution in [3.63, 3.8) is 0 Å². The van der Waals surface area contributed by atoms with Gasteiger partial charge in [0.1, 0.15) is 0 Å². The molecule has 2 aromatic rings. The molecule has 0 aliphatic carbocycles. The summed E-state index contributed by atoms with van der Waals surface area (Å²) in [7, 11) is 5.73. The van der Waals surface area contributed by atoms with Crippen molar-refractivity contribution in [3.8, 4) is 11.5 Å². The number of ether oxygens (including phenoxy) is 2. The number of rotatable bonds is 7. The summed E-state index contributed by atoms with van der Waals surface area (Å²) in [6.07, 6.45) is 0. The fraction of sp³-hybridized carbons (Fsp3) is 0.333. The quantitative estimate of drug-likeness (QED) is 0.844. The molecule has 0 amide bonds. The molecular formula is C18H24N2O2.